The fourth-order valence-electron chi connectivity index (χ4n) is 6.69. The number of rotatable bonds is 2. The second-order valence-corrected chi connectivity index (χ2v) is 14.6. The van der Waals surface area contributed by atoms with Crippen LogP contribution < -0.4 is 21.2 Å². The van der Waals surface area contributed by atoms with Gasteiger partial charge in [0.15, 0.2) is 0 Å². The van der Waals surface area contributed by atoms with E-state index in [1.807, 2.05) is 11.3 Å². The standard InChI is InChI=1S/C38H24IS/c1-2-8-27-23(7-1)19-20-26-21-22-34-36(35(26)27)32-13-6-11-29(38(32)40-34)25-17-15-24(16-18-25)28-10-5-12-31-30-9-3-4-14-33(30)39-37(28)31/h1-18,21-22H,19-20H2/q-1. The topological polar surface area (TPSA) is 0 Å². The number of hydrogen-bond donors (Lipinski definition) is 0. The molecule has 0 radical (unpaired) electrons. The fourth-order valence-corrected chi connectivity index (χ4v) is 11.2. The van der Waals surface area contributed by atoms with Crippen molar-refractivity contribution in [3.8, 4) is 44.5 Å². The van der Waals surface area contributed by atoms with Crippen LogP contribution in [0.5, 0.6) is 0 Å². The van der Waals surface area contributed by atoms with Gasteiger partial charge in [0.2, 0.25) is 0 Å². The average molecular weight is 640 g/mol. The van der Waals surface area contributed by atoms with Gasteiger partial charge in [-0.3, -0.25) is 0 Å². The molecule has 0 fully saturated rings. The summed E-state index contributed by atoms with van der Waals surface area (Å²) in [7, 11) is 0. The maximum absolute atomic E-state index is 2.37. The zero-order valence-corrected chi connectivity index (χ0v) is 24.7. The summed E-state index contributed by atoms with van der Waals surface area (Å²) in [6, 6.07) is 45.7. The van der Waals surface area contributed by atoms with Crippen LogP contribution in [0, 0.1) is 7.14 Å². The van der Waals surface area contributed by atoms with Crippen molar-refractivity contribution in [2.24, 2.45) is 0 Å². The number of thiophene rings is 1. The van der Waals surface area contributed by atoms with E-state index in [-0.39, 0.29) is 21.2 Å². The van der Waals surface area contributed by atoms with E-state index >= 15 is 0 Å². The van der Waals surface area contributed by atoms with Crippen molar-refractivity contribution in [3.63, 3.8) is 0 Å². The van der Waals surface area contributed by atoms with E-state index in [0.717, 1.165) is 12.8 Å². The van der Waals surface area contributed by atoms with E-state index in [9.17, 15) is 0 Å². The first-order valence-corrected chi connectivity index (χ1v) is 16.8. The molecule has 1 aromatic heterocycles. The first kappa shape index (κ1) is 23.0. The molecule has 0 nitrogen and oxygen atoms in total. The van der Waals surface area contributed by atoms with Crippen LogP contribution in [0.2, 0.25) is 0 Å². The van der Waals surface area contributed by atoms with Gasteiger partial charge in [-0.15, -0.1) is 0 Å². The molecule has 0 saturated heterocycles. The first-order chi connectivity index (χ1) is 19.8. The van der Waals surface area contributed by atoms with Crippen LogP contribution in [0.3, 0.4) is 0 Å². The first-order valence-electron chi connectivity index (χ1n) is 13.9. The van der Waals surface area contributed by atoms with E-state index in [4.69, 9.17) is 0 Å². The van der Waals surface area contributed by atoms with E-state index < -0.39 is 0 Å². The summed E-state index contributed by atoms with van der Waals surface area (Å²) in [5.74, 6) is 0. The van der Waals surface area contributed by atoms with E-state index in [1.165, 1.54) is 75.8 Å². The number of fused-ring (bicyclic) bond motifs is 10. The third kappa shape index (κ3) is 3.36. The molecule has 2 aliphatic rings. The summed E-state index contributed by atoms with van der Waals surface area (Å²) in [5.41, 5.74) is 14.1. The van der Waals surface area contributed by atoms with Gasteiger partial charge in [-0.05, 0) is 18.4 Å². The quantitative estimate of drug-likeness (QED) is 0.175. The predicted molar refractivity (Wildman–Crippen MR) is 166 cm³/mol. The molecular formula is C38H24IS-. The van der Waals surface area contributed by atoms with Crippen LogP contribution in [0.25, 0.3) is 64.7 Å². The molecule has 40 heavy (non-hydrogen) atoms. The van der Waals surface area contributed by atoms with Crippen molar-refractivity contribution < 1.29 is 21.2 Å². The molecule has 0 unspecified atom stereocenters. The Kier molecular flexibility index (Phi) is 5.12. The van der Waals surface area contributed by atoms with Gasteiger partial charge in [0.1, 0.15) is 0 Å². The molecule has 0 amide bonds. The van der Waals surface area contributed by atoms with Crippen LogP contribution in [0.4, 0.5) is 0 Å². The van der Waals surface area contributed by atoms with Gasteiger partial charge < -0.3 is 0 Å². The van der Waals surface area contributed by atoms with Crippen LogP contribution in [-0.2, 0) is 12.8 Å². The Morgan fingerprint density at radius 2 is 1.18 bits per heavy atom. The Labute approximate surface area is 248 Å². The molecule has 0 saturated carbocycles. The minimum atomic E-state index is -0.155. The van der Waals surface area contributed by atoms with Crippen molar-refractivity contribution in [3.05, 3.63) is 140 Å². The summed E-state index contributed by atoms with van der Waals surface area (Å²) < 4.78 is 5.88. The monoisotopic (exact) mass is 639 g/mol. The molecule has 0 bridgehead atoms. The van der Waals surface area contributed by atoms with Gasteiger partial charge in [0.05, 0.1) is 0 Å². The molecule has 0 atom stereocenters. The third-order valence-corrected chi connectivity index (χ3v) is 13.0. The molecule has 2 heterocycles. The van der Waals surface area contributed by atoms with Crippen LogP contribution in [0.1, 0.15) is 11.1 Å². The normalized spacial score (nSPS) is 13.4. The van der Waals surface area contributed by atoms with Gasteiger partial charge >= 0.3 is 207 Å². The van der Waals surface area contributed by atoms with Crippen LogP contribution in [-0.4, -0.2) is 0 Å². The third-order valence-electron chi connectivity index (χ3n) is 8.57. The van der Waals surface area contributed by atoms with Crippen molar-refractivity contribution >= 4 is 31.5 Å². The molecule has 0 spiro atoms. The molecule has 1 aliphatic heterocycles. The molecule has 9 rings (SSSR count). The summed E-state index contributed by atoms with van der Waals surface area (Å²) >= 11 is 1.79. The molecular weight excluding hydrogens is 615 g/mol. The van der Waals surface area contributed by atoms with Crippen molar-refractivity contribution in [1.82, 2.24) is 0 Å². The Morgan fingerprint density at radius 1 is 0.500 bits per heavy atom. The minimum absolute atomic E-state index is 0.155. The SMILES string of the molecule is c1ccc2c(c1)CCc1ccc3sc4c(-c5ccc(-c6cccc7c6[I-]c6ccccc6-7)cc5)cccc4c3c1-2. The number of hydrogen-bond acceptors (Lipinski definition) is 1. The molecule has 6 aromatic carbocycles. The maximum atomic E-state index is 2.37. The van der Waals surface area contributed by atoms with Gasteiger partial charge in [0, 0.05) is 0 Å². The predicted octanol–water partition coefficient (Wildman–Crippen LogP) is 7.26. The van der Waals surface area contributed by atoms with Crippen LogP contribution in [0.15, 0.2) is 121 Å². The Morgan fingerprint density at radius 3 is 2.08 bits per heavy atom. The zero-order valence-electron chi connectivity index (χ0n) is 21.7. The number of halogens is 1. The zero-order chi connectivity index (χ0) is 26.2. The Bertz CT molecular complexity index is 2130. The van der Waals surface area contributed by atoms with Crippen LogP contribution >= 0.6 is 11.3 Å². The summed E-state index contributed by atoms with van der Waals surface area (Å²) in [4.78, 5) is 0. The summed E-state index contributed by atoms with van der Waals surface area (Å²) in [6.45, 7) is 0. The second kappa shape index (κ2) is 8.89. The number of benzene rings is 6. The van der Waals surface area contributed by atoms with E-state index in [1.54, 1.807) is 7.14 Å². The van der Waals surface area contributed by atoms with Gasteiger partial charge in [0.25, 0.3) is 0 Å². The molecule has 2 heteroatoms. The van der Waals surface area contributed by atoms with Crippen molar-refractivity contribution in [1.29, 1.82) is 0 Å². The summed E-state index contributed by atoms with van der Waals surface area (Å²) in [6.07, 6.45) is 2.25. The number of aryl methyl sites for hydroxylation is 2. The van der Waals surface area contributed by atoms with Crippen molar-refractivity contribution in [2.75, 3.05) is 0 Å². The Hall–Kier alpha value is -3.73. The van der Waals surface area contributed by atoms with Gasteiger partial charge in [-0.1, -0.05) is 24.3 Å². The van der Waals surface area contributed by atoms with Crippen molar-refractivity contribution in [2.45, 2.75) is 12.8 Å². The van der Waals surface area contributed by atoms with E-state index in [0.29, 0.717) is 0 Å². The molecule has 7 aromatic rings. The Balaban J connectivity index is 1.17. The summed E-state index contributed by atoms with van der Waals surface area (Å²) in [5, 5.41) is 2.82. The van der Waals surface area contributed by atoms with E-state index in [2.05, 4.69) is 121 Å². The second-order valence-electron chi connectivity index (χ2n) is 10.7. The molecule has 1 aliphatic carbocycles. The fraction of sp³-hybridized carbons (Fsp3) is 0.0526. The average Bonchev–Trinajstić information content (AvgIpc) is 3.59. The van der Waals surface area contributed by atoms with Gasteiger partial charge in [-0.2, -0.15) is 0 Å². The molecule has 0 N–H and O–H groups in total. The molecule has 190 valence electrons. The van der Waals surface area contributed by atoms with Gasteiger partial charge in [-0.25, -0.2) is 0 Å².